The predicted molar refractivity (Wildman–Crippen MR) is 84.1 cm³/mol. The molecule has 1 aromatic carbocycles. The summed E-state index contributed by atoms with van der Waals surface area (Å²) in [6.45, 7) is 0.728. The van der Waals surface area contributed by atoms with Crippen molar-refractivity contribution in [1.29, 1.82) is 0 Å². The van der Waals surface area contributed by atoms with Crippen molar-refractivity contribution in [2.45, 2.75) is 17.7 Å². The van der Waals surface area contributed by atoms with E-state index in [2.05, 4.69) is 38.4 Å². The van der Waals surface area contributed by atoms with Crippen molar-refractivity contribution in [2.24, 2.45) is 0 Å². The lowest BCUT2D eigenvalue weighted by molar-refractivity contribution is 0.0587. The Hall–Kier alpha value is -2.12. The lowest BCUT2D eigenvalue weighted by atomic mass is 9.99. The van der Waals surface area contributed by atoms with Crippen molar-refractivity contribution in [3.8, 4) is 0 Å². The molecule has 1 aliphatic heterocycles. The number of ether oxygens (including phenoxy) is 1. The molecule has 0 amide bonds. The summed E-state index contributed by atoms with van der Waals surface area (Å²) in [7, 11) is 0. The number of nitrogens with zero attached hydrogens (tertiary/aromatic N) is 2. The number of hydrogen-bond acceptors (Lipinski definition) is 5. The second kappa shape index (κ2) is 5.58. The van der Waals surface area contributed by atoms with Gasteiger partial charge >= 0.3 is 0 Å². The maximum absolute atomic E-state index is 11.9. The Morgan fingerprint density at radius 2 is 2.27 bits per heavy atom. The van der Waals surface area contributed by atoms with Crippen LogP contribution < -0.4 is 5.56 Å². The van der Waals surface area contributed by atoms with Crippen molar-refractivity contribution >= 4 is 22.8 Å². The van der Waals surface area contributed by atoms with Crippen LogP contribution in [-0.2, 0) is 11.2 Å². The van der Waals surface area contributed by atoms with E-state index in [1.807, 2.05) is 6.07 Å². The number of benzene rings is 1. The van der Waals surface area contributed by atoms with Gasteiger partial charge in [-0.3, -0.25) is 9.89 Å². The zero-order valence-electron chi connectivity index (χ0n) is 11.7. The number of thioether (sulfide) groups is 1. The van der Waals surface area contributed by atoms with Gasteiger partial charge in [0.15, 0.2) is 10.8 Å². The van der Waals surface area contributed by atoms with Crippen molar-refractivity contribution in [2.75, 3.05) is 12.4 Å². The zero-order valence-corrected chi connectivity index (χ0v) is 12.5. The van der Waals surface area contributed by atoms with E-state index in [1.54, 1.807) is 0 Å². The first kappa shape index (κ1) is 13.5. The number of rotatable bonds is 3. The van der Waals surface area contributed by atoms with Crippen LogP contribution in [0.2, 0.25) is 0 Å². The first-order chi connectivity index (χ1) is 10.8. The van der Waals surface area contributed by atoms with Gasteiger partial charge < -0.3 is 9.72 Å². The second-order valence-corrected chi connectivity index (χ2v) is 6.13. The summed E-state index contributed by atoms with van der Waals surface area (Å²) in [4.78, 5) is 19.1. The monoisotopic (exact) mass is 314 g/mol. The Kier molecular flexibility index (Phi) is 3.44. The Morgan fingerprint density at radius 1 is 1.36 bits per heavy atom. The lowest BCUT2D eigenvalue weighted by Gasteiger charge is -2.25. The Bertz CT molecular complexity index is 873. The molecule has 1 aliphatic rings. The summed E-state index contributed by atoms with van der Waals surface area (Å²) in [5.74, 6) is 0.708. The smallest absolute Gasteiger partial charge is 0.262 e. The molecule has 0 bridgehead atoms. The largest absolute Gasteiger partial charge is 0.372 e. The molecule has 7 heteroatoms. The molecule has 22 heavy (non-hydrogen) atoms. The standard InChI is InChI=1S/C15H14N4O2S/c20-14-11-7-16-19-13(11)17-15(18-14)22-8-12-10-4-2-1-3-9(10)5-6-21-12/h1-4,7,12H,5-6,8H2,(H2,16,17,18,19,20). The first-order valence-electron chi connectivity index (χ1n) is 7.07. The van der Waals surface area contributed by atoms with Crippen LogP contribution in [0.25, 0.3) is 11.0 Å². The molecule has 0 aliphatic carbocycles. The fourth-order valence-electron chi connectivity index (χ4n) is 2.66. The number of nitrogens with one attached hydrogen (secondary N) is 2. The molecular formula is C15H14N4O2S. The van der Waals surface area contributed by atoms with Gasteiger partial charge in [0.05, 0.1) is 18.9 Å². The van der Waals surface area contributed by atoms with Gasteiger partial charge in [-0.05, 0) is 17.5 Å². The maximum atomic E-state index is 11.9. The number of aromatic amines is 2. The minimum Gasteiger partial charge on any atom is -0.372 e. The summed E-state index contributed by atoms with van der Waals surface area (Å²) < 4.78 is 5.87. The molecule has 0 radical (unpaired) electrons. The fourth-order valence-corrected chi connectivity index (χ4v) is 3.57. The van der Waals surface area contributed by atoms with E-state index >= 15 is 0 Å². The van der Waals surface area contributed by atoms with E-state index in [-0.39, 0.29) is 11.7 Å². The minimum atomic E-state index is -0.175. The van der Waals surface area contributed by atoms with Gasteiger partial charge in [0.25, 0.3) is 5.56 Å². The highest BCUT2D eigenvalue weighted by Gasteiger charge is 2.21. The molecule has 1 atom stereocenters. The molecule has 0 saturated carbocycles. The summed E-state index contributed by atoms with van der Waals surface area (Å²) in [6.07, 6.45) is 2.46. The van der Waals surface area contributed by atoms with Crippen LogP contribution >= 0.6 is 11.8 Å². The third-order valence-electron chi connectivity index (χ3n) is 3.76. The van der Waals surface area contributed by atoms with E-state index in [4.69, 9.17) is 4.74 Å². The summed E-state index contributed by atoms with van der Waals surface area (Å²) in [5.41, 5.74) is 2.90. The van der Waals surface area contributed by atoms with Crippen LogP contribution in [-0.4, -0.2) is 32.5 Å². The average Bonchev–Trinajstić information content (AvgIpc) is 3.02. The number of fused-ring (bicyclic) bond motifs is 2. The van der Waals surface area contributed by atoms with Crippen LogP contribution in [0, 0.1) is 0 Å². The van der Waals surface area contributed by atoms with Gasteiger partial charge in [-0.25, -0.2) is 4.98 Å². The zero-order chi connectivity index (χ0) is 14.9. The normalized spacial score (nSPS) is 17.5. The van der Waals surface area contributed by atoms with E-state index in [0.717, 1.165) is 13.0 Å². The third kappa shape index (κ3) is 2.42. The Morgan fingerprint density at radius 3 is 3.23 bits per heavy atom. The molecule has 6 nitrogen and oxygen atoms in total. The van der Waals surface area contributed by atoms with Crippen molar-refractivity contribution < 1.29 is 4.74 Å². The van der Waals surface area contributed by atoms with E-state index in [0.29, 0.717) is 21.9 Å². The van der Waals surface area contributed by atoms with Crippen LogP contribution in [0.15, 0.2) is 40.4 Å². The molecule has 2 N–H and O–H groups in total. The van der Waals surface area contributed by atoms with Crippen LogP contribution in [0.1, 0.15) is 17.2 Å². The van der Waals surface area contributed by atoms with E-state index < -0.39 is 0 Å². The molecule has 2 aromatic heterocycles. The second-order valence-electron chi connectivity index (χ2n) is 5.12. The molecule has 1 unspecified atom stereocenters. The molecular weight excluding hydrogens is 300 g/mol. The molecule has 3 heterocycles. The van der Waals surface area contributed by atoms with Gasteiger partial charge in [-0.1, -0.05) is 36.0 Å². The first-order valence-corrected chi connectivity index (χ1v) is 8.05. The van der Waals surface area contributed by atoms with Crippen LogP contribution in [0.4, 0.5) is 0 Å². The SMILES string of the molecule is O=c1[nH]c(SCC2OCCc3ccccc32)nc2[nH]ncc12. The van der Waals surface area contributed by atoms with E-state index in [9.17, 15) is 4.79 Å². The molecule has 0 spiro atoms. The summed E-state index contributed by atoms with van der Waals surface area (Å²) in [5, 5.41) is 7.62. The highest BCUT2D eigenvalue weighted by Crippen LogP contribution is 2.31. The summed E-state index contributed by atoms with van der Waals surface area (Å²) >= 11 is 1.48. The molecule has 4 rings (SSSR count). The van der Waals surface area contributed by atoms with Gasteiger partial charge in [0, 0.05) is 5.75 Å². The molecule has 3 aromatic rings. The van der Waals surface area contributed by atoms with Gasteiger partial charge in [-0.2, -0.15) is 5.10 Å². The highest BCUT2D eigenvalue weighted by molar-refractivity contribution is 7.99. The van der Waals surface area contributed by atoms with Gasteiger partial charge in [0.1, 0.15) is 5.39 Å². The Labute approximate surface area is 130 Å². The predicted octanol–water partition coefficient (Wildman–Crippen LogP) is 2.05. The minimum absolute atomic E-state index is 0.0257. The van der Waals surface area contributed by atoms with Crippen LogP contribution in [0.3, 0.4) is 0 Å². The Balaban J connectivity index is 1.56. The highest BCUT2D eigenvalue weighted by atomic mass is 32.2. The maximum Gasteiger partial charge on any atom is 0.262 e. The van der Waals surface area contributed by atoms with Crippen molar-refractivity contribution in [1.82, 2.24) is 20.2 Å². The van der Waals surface area contributed by atoms with Gasteiger partial charge in [0.2, 0.25) is 0 Å². The average molecular weight is 314 g/mol. The summed E-state index contributed by atoms with van der Waals surface area (Å²) in [6, 6.07) is 8.34. The fraction of sp³-hybridized carbons (Fsp3) is 0.267. The molecule has 112 valence electrons. The van der Waals surface area contributed by atoms with Crippen molar-refractivity contribution in [3.05, 3.63) is 51.9 Å². The third-order valence-corrected chi connectivity index (χ3v) is 4.70. The van der Waals surface area contributed by atoms with Crippen LogP contribution in [0.5, 0.6) is 0 Å². The molecule has 0 fully saturated rings. The quantitative estimate of drug-likeness (QED) is 0.571. The van der Waals surface area contributed by atoms with E-state index in [1.165, 1.54) is 29.1 Å². The molecule has 0 saturated heterocycles. The number of aromatic nitrogens is 4. The van der Waals surface area contributed by atoms with Crippen molar-refractivity contribution in [3.63, 3.8) is 0 Å². The lowest BCUT2D eigenvalue weighted by Crippen LogP contribution is -2.18. The van der Waals surface area contributed by atoms with Gasteiger partial charge in [-0.15, -0.1) is 0 Å². The number of H-pyrrole nitrogens is 2. The number of hydrogen-bond donors (Lipinski definition) is 2. The topological polar surface area (TPSA) is 83.7 Å².